The van der Waals surface area contributed by atoms with Crippen LogP contribution in [0.5, 0.6) is 0 Å². The normalized spacial score (nSPS) is 10.6. The Labute approximate surface area is 116 Å². The average Bonchev–Trinajstić information content (AvgIpc) is 2.39. The highest BCUT2D eigenvalue weighted by Crippen LogP contribution is 2.16. The standard InChI is InChI=1S/C15H25N3O/c1-5-9-18(10-6-2)13-7-8-14(16-11-13)17-15(19)12(3)4/h7-8,11-12H,5-6,9-10H2,1-4H3,(H,16,17,19). The van der Waals surface area contributed by atoms with Crippen LogP contribution < -0.4 is 10.2 Å². The number of aromatic nitrogens is 1. The number of hydrogen-bond acceptors (Lipinski definition) is 3. The first-order valence-electron chi connectivity index (χ1n) is 7.10. The number of pyridine rings is 1. The summed E-state index contributed by atoms with van der Waals surface area (Å²) < 4.78 is 0. The summed E-state index contributed by atoms with van der Waals surface area (Å²) in [7, 11) is 0. The highest BCUT2D eigenvalue weighted by atomic mass is 16.1. The van der Waals surface area contributed by atoms with Crippen molar-refractivity contribution in [3.05, 3.63) is 18.3 Å². The van der Waals surface area contributed by atoms with Crippen molar-refractivity contribution in [3.63, 3.8) is 0 Å². The molecule has 0 spiro atoms. The van der Waals surface area contributed by atoms with E-state index >= 15 is 0 Å². The first-order chi connectivity index (χ1) is 9.08. The van der Waals surface area contributed by atoms with Gasteiger partial charge < -0.3 is 10.2 Å². The summed E-state index contributed by atoms with van der Waals surface area (Å²) in [6.07, 6.45) is 4.07. The lowest BCUT2D eigenvalue weighted by Crippen LogP contribution is -2.25. The molecule has 0 fully saturated rings. The maximum absolute atomic E-state index is 11.6. The van der Waals surface area contributed by atoms with E-state index in [1.54, 1.807) is 0 Å². The van der Waals surface area contributed by atoms with Crippen LogP contribution in [0.15, 0.2) is 18.3 Å². The predicted molar refractivity (Wildman–Crippen MR) is 80.5 cm³/mol. The fourth-order valence-corrected chi connectivity index (χ4v) is 1.83. The maximum Gasteiger partial charge on any atom is 0.228 e. The van der Waals surface area contributed by atoms with Gasteiger partial charge in [0, 0.05) is 19.0 Å². The second kappa shape index (κ2) is 7.77. The van der Waals surface area contributed by atoms with E-state index in [1.807, 2.05) is 32.2 Å². The van der Waals surface area contributed by atoms with Crippen molar-refractivity contribution < 1.29 is 4.79 Å². The second-order valence-corrected chi connectivity index (χ2v) is 5.03. The van der Waals surface area contributed by atoms with Crippen molar-refractivity contribution in [1.29, 1.82) is 0 Å². The summed E-state index contributed by atoms with van der Waals surface area (Å²) in [4.78, 5) is 18.2. The molecule has 1 aromatic rings. The SMILES string of the molecule is CCCN(CCC)c1ccc(NC(=O)C(C)C)nc1. The van der Waals surface area contributed by atoms with Crippen LogP contribution in [0.4, 0.5) is 11.5 Å². The topological polar surface area (TPSA) is 45.2 Å². The molecule has 1 rings (SSSR count). The molecule has 0 unspecified atom stereocenters. The lowest BCUT2D eigenvalue weighted by Gasteiger charge is -2.23. The molecule has 0 aliphatic heterocycles. The Hall–Kier alpha value is -1.58. The quantitative estimate of drug-likeness (QED) is 0.821. The van der Waals surface area contributed by atoms with Gasteiger partial charge in [-0.1, -0.05) is 27.7 Å². The van der Waals surface area contributed by atoms with E-state index in [9.17, 15) is 4.79 Å². The minimum Gasteiger partial charge on any atom is -0.370 e. The van der Waals surface area contributed by atoms with Gasteiger partial charge in [0.1, 0.15) is 5.82 Å². The molecule has 0 aliphatic carbocycles. The van der Waals surface area contributed by atoms with Crippen LogP contribution in [0.2, 0.25) is 0 Å². The molecule has 19 heavy (non-hydrogen) atoms. The average molecular weight is 263 g/mol. The molecule has 4 nitrogen and oxygen atoms in total. The molecular formula is C15H25N3O. The highest BCUT2D eigenvalue weighted by molar-refractivity contribution is 5.91. The first kappa shape index (κ1) is 15.5. The van der Waals surface area contributed by atoms with Gasteiger partial charge in [-0.25, -0.2) is 4.98 Å². The molecule has 0 aliphatic rings. The molecular weight excluding hydrogens is 238 g/mol. The third-order valence-electron chi connectivity index (χ3n) is 2.88. The molecule has 0 saturated carbocycles. The molecule has 4 heteroatoms. The molecule has 1 amide bonds. The Morgan fingerprint density at radius 2 is 1.89 bits per heavy atom. The summed E-state index contributed by atoms with van der Waals surface area (Å²) in [5.74, 6) is 0.591. The van der Waals surface area contributed by atoms with Crippen molar-refractivity contribution >= 4 is 17.4 Å². The van der Waals surface area contributed by atoms with Crippen LogP contribution in [-0.2, 0) is 4.79 Å². The Bertz CT molecular complexity index is 381. The molecule has 1 N–H and O–H groups in total. The van der Waals surface area contributed by atoms with E-state index in [-0.39, 0.29) is 11.8 Å². The van der Waals surface area contributed by atoms with Gasteiger partial charge in [0.05, 0.1) is 11.9 Å². The van der Waals surface area contributed by atoms with Crippen LogP contribution in [0.1, 0.15) is 40.5 Å². The molecule has 106 valence electrons. The van der Waals surface area contributed by atoms with Crippen molar-refractivity contribution in [2.45, 2.75) is 40.5 Å². The van der Waals surface area contributed by atoms with E-state index in [1.165, 1.54) is 0 Å². The van der Waals surface area contributed by atoms with Crippen LogP contribution in [0, 0.1) is 5.92 Å². The van der Waals surface area contributed by atoms with E-state index in [0.717, 1.165) is 31.6 Å². The van der Waals surface area contributed by atoms with Crippen LogP contribution in [0.3, 0.4) is 0 Å². The maximum atomic E-state index is 11.6. The van der Waals surface area contributed by atoms with E-state index in [4.69, 9.17) is 0 Å². The van der Waals surface area contributed by atoms with Gasteiger partial charge in [-0.15, -0.1) is 0 Å². The predicted octanol–water partition coefficient (Wildman–Crippen LogP) is 3.30. The summed E-state index contributed by atoms with van der Waals surface area (Å²) >= 11 is 0. The minimum absolute atomic E-state index is 0.000720. The Balaban J connectivity index is 2.71. The molecule has 0 bridgehead atoms. The summed E-state index contributed by atoms with van der Waals surface area (Å²) in [5, 5.41) is 2.80. The third-order valence-corrected chi connectivity index (χ3v) is 2.88. The lowest BCUT2D eigenvalue weighted by atomic mass is 10.2. The lowest BCUT2D eigenvalue weighted by molar-refractivity contribution is -0.118. The van der Waals surface area contributed by atoms with Crippen LogP contribution in [-0.4, -0.2) is 24.0 Å². The molecule has 0 saturated heterocycles. The number of nitrogens with zero attached hydrogens (tertiary/aromatic N) is 2. The Morgan fingerprint density at radius 3 is 2.32 bits per heavy atom. The molecule has 0 radical (unpaired) electrons. The Morgan fingerprint density at radius 1 is 1.26 bits per heavy atom. The van der Waals surface area contributed by atoms with Crippen molar-refractivity contribution in [2.75, 3.05) is 23.3 Å². The van der Waals surface area contributed by atoms with Gasteiger partial charge in [0.2, 0.25) is 5.91 Å². The van der Waals surface area contributed by atoms with Crippen molar-refractivity contribution in [2.24, 2.45) is 5.92 Å². The largest absolute Gasteiger partial charge is 0.370 e. The van der Waals surface area contributed by atoms with Gasteiger partial charge in [-0.05, 0) is 25.0 Å². The molecule has 0 atom stereocenters. The van der Waals surface area contributed by atoms with Crippen molar-refractivity contribution in [3.8, 4) is 0 Å². The van der Waals surface area contributed by atoms with Gasteiger partial charge >= 0.3 is 0 Å². The fourth-order valence-electron chi connectivity index (χ4n) is 1.83. The highest BCUT2D eigenvalue weighted by Gasteiger charge is 2.09. The van der Waals surface area contributed by atoms with Gasteiger partial charge in [-0.3, -0.25) is 4.79 Å². The smallest absolute Gasteiger partial charge is 0.228 e. The number of nitrogens with one attached hydrogen (secondary N) is 1. The number of carbonyl (C=O) groups is 1. The molecule has 1 aromatic heterocycles. The third kappa shape index (κ3) is 4.89. The van der Waals surface area contributed by atoms with Gasteiger partial charge in [0.15, 0.2) is 0 Å². The van der Waals surface area contributed by atoms with Gasteiger partial charge in [0.25, 0.3) is 0 Å². The fraction of sp³-hybridized carbons (Fsp3) is 0.600. The van der Waals surface area contributed by atoms with E-state index < -0.39 is 0 Å². The van der Waals surface area contributed by atoms with Gasteiger partial charge in [-0.2, -0.15) is 0 Å². The zero-order chi connectivity index (χ0) is 14.3. The number of carbonyl (C=O) groups excluding carboxylic acids is 1. The Kier molecular flexibility index (Phi) is 6.33. The van der Waals surface area contributed by atoms with Crippen LogP contribution in [0.25, 0.3) is 0 Å². The number of anilines is 2. The van der Waals surface area contributed by atoms with E-state index in [2.05, 4.69) is 29.0 Å². The zero-order valence-corrected chi connectivity index (χ0v) is 12.4. The van der Waals surface area contributed by atoms with Crippen LogP contribution >= 0.6 is 0 Å². The summed E-state index contributed by atoms with van der Waals surface area (Å²) in [5.41, 5.74) is 1.12. The van der Waals surface area contributed by atoms with E-state index in [0.29, 0.717) is 5.82 Å². The zero-order valence-electron chi connectivity index (χ0n) is 12.4. The van der Waals surface area contributed by atoms with Crippen molar-refractivity contribution in [1.82, 2.24) is 4.98 Å². The number of rotatable bonds is 7. The molecule has 0 aromatic carbocycles. The summed E-state index contributed by atoms with van der Waals surface area (Å²) in [6.45, 7) is 10.2. The number of hydrogen-bond donors (Lipinski definition) is 1. The summed E-state index contributed by atoms with van der Waals surface area (Å²) in [6, 6.07) is 3.89. The minimum atomic E-state index is -0.0295. The second-order valence-electron chi connectivity index (χ2n) is 5.03. The molecule has 1 heterocycles. The monoisotopic (exact) mass is 263 g/mol. The first-order valence-corrected chi connectivity index (χ1v) is 7.10. The number of amides is 1.